The average molecular weight is 166 g/mol. The summed E-state index contributed by atoms with van der Waals surface area (Å²) < 4.78 is 0. The van der Waals surface area contributed by atoms with Gasteiger partial charge in [0.15, 0.2) is 0 Å². The predicted octanol–water partition coefficient (Wildman–Crippen LogP) is 2.14. The first kappa shape index (κ1) is 11.1. The molecular formula is C10H18N2. The fourth-order valence-corrected chi connectivity index (χ4v) is 0.871. The number of hydrogen-bond donors (Lipinski definition) is 1. The Hall–Kier alpha value is -0.890. The fourth-order valence-electron chi connectivity index (χ4n) is 0.871. The van der Waals surface area contributed by atoms with Gasteiger partial charge in [0.05, 0.1) is 5.69 Å². The molecule has 2 nitrogen and oxygen atoms in total. The van der Waals surface area contributed by atoms with Crippen LogP contribution in [0.25, 0.3) is 0 Å². The lowest BCUT2D eigenvalue weighted by Gasteiger charge is -2.00. The highest BCUT2D eigenvalue weighted by Crippen LogP contribution is 2.01. The monoisotopic (exact) mass is 166 g/mol. The third-order valence-corrected chi connectivity index (χ3v) is 1.46. The molecule has 0 amide bonds. The lowest BCUT2D eigenvalue weighted by Crippen LogP contribution is -2.07. The molecule has 0 aliphatic rings. The zero-order chi connectivity index (χ0) is 9.40. The molecule has 1 aromatic heterocycles. The largest absolute Gasteiger partial charge is 0.314 e. The number of nitrogens with one attached hydrogen (secondary N) is 1. The Morgan fingerprint density at radius 3 is 2.58 bits per heavy atom. The fraction of sp³-hybridized carbons (Fsp3) is 0.500. The second-order valence-electron chi connectivity index (χ2n) is 2.30. The minimum atomic E-state index is 0.854. The molecule has 1 heterocycles. The van der Waals surface area contributed by atoms with Crippen LogP contribution in [0.15, 0.2) is 18.3 Å². The maximum atomic E-state index is 4.21. The van der Waals surface area contributed by atoms with Crippen LogP contribution in [-0.2, 0) is 6.54 Å². The summed E-state index contributed by atoms with van der Waals surface area (Å²) in [5.74, 6) is 0. The van der Waals surface area contributed by atoms with Gasteiger partial charge in [-0.05, 0) is 25.6 Å². The number of pyridine rings is 1. The summed E-state index contributed by atoms with van der Waals surface area (Å²) in [6, 6.07) is 4.02. The second kappa shape index (κ2) is 6.80. The Morgan fingerprint density at radius 2 is 2.08 bits per heavy atom. The van der Waals surface area contributed by atoms with Crippen molar-refractivity contribution in [3.05, 3.63) is 29.6 Å². The van der Waals surface area contributed by atoms with E-state index in [1.165, 1.54) is 5.56 Å². The molecule has 0 aromatic carbocycles. The van der Waals surface area contributed by atoms with E-state index in [0.29, 0.717) is 0 Å². The molecule has 1 aromatic rings. The van der Waals surface area contributed by atoms with Gasteiger partial charge in [0.1, 0.15) is 0 Å². The summed E-state index contributed by atoms with van der Waals surface area (Å²) in [5.41, 5.74) is 2.38. The molecule has 0 aliphatic heterocycles. The minimum absolute atomic E-state index is 0.854. The molecule has 68 valence electrons. The van der Waals surface area contributed by atoms with E-state index in [0.717, 1.165) is 12.2 Å². The Balaban J connectivity index is 0.000000561. The van der Waals surface area contributed by atoms with E-state index < -0.39 is 0 Å². The molecule has 0 aliphatic carbocycles. The van der Waals surface area contributed by atoms with Crippen molar-refractivity contribution in [2.24, 2.45) is 0 Å². The Labute approximate surface area is 75.0 Å². The lowest BCUT2D eigenvalue weighted by atomic mass is 10.2. The quantitative estimate of drug-likeness (QED) is 0.728. The average Bonchev–Trinajstić information content (AvgIpc) is 2.13. The third kappa shape index (κ3) is 3.49. The van der Waals surface area contributed by atoms with Crippen LogP contribution in [-0.4, -0.2) is 12.0 Å². The molecule has 0 unspecified atom stereocenters. The van der Waals surface area contributed by atoms with E-state index in [1.807, 2.05) is 33.2 Å². The molecule has 0 radical (unpaired) electrons. The van der Waals surface area contributed by atoms with Crippen LogP contribution >= 0.6 is 0 Å². The van der Waals surface area contributed by atoms with Crippen molar-refractivity contribution in [3.8, 4) is 0 Å². The van der Waals surface area contributed by atoms with Gasteiger partial charge < -0.3 is 5.32 Å². The maximum absolute atomic E-state index is 4.21. The van der Waals surface area contributed by atoms with Gasteiger partial charge in [-0.2, -0.15) is 0 Å². The van der Waals surface area contributed by atoms with E-state index in [1.54, 1.807) is 0 Å². The summed E-state index contributed by atoms with van der Waals surface area (Å²) in [4.78, 5) is 4.21. The molecule has 0 spiro atoms. The van der Waals surface area contributed by atoms with Gasteiger partial charge in [-0.25, -0.2) is 0 Å². The van der Waals surface area contributed by atoms with Crippen LogP contribution in [0.3, 0.4) is 0 Å². The second-order valence-corrected chi connectivity index (χ2v) is 2.30. The highest BCUT2D eigenvalue weighted by atomic mass is 14.8. The standard InChI is InChI=1S/C8H12N2.C2H6/c1-7-4-3-5-10-8(7)6-9-2;1-2/h3-5,9H,6H2,1-2H3;1-2H3. The summed E-state index contributed by atoms with van der Waals surface area (Å²) in [5, 5.41) is 3.06. The minimum Gasteiger partial charge on any atom is -0.314 e. The first-order valence-corrected chi connectivity index (χ1v) is 4.39. The van der Waals surface area contributed by atoms with Crippen molar-refractivity contribution in [1.29, 1.82) is 0 Å². The van der Waals surface area contributed by atoms with Crippen LogP contribution in [0.4, 0.5) is 0 Å². The molecule has 0 saturated heterocycles. The van der Waals surface area contributed by atoms with E-state index in [-0.39, 0.29) is 0 Å². The zero-order valence-electron chi connectivity index (χ0n) is 8.39. The van der Waals surface area contributed by atoms with E-state index in [2.05, 4.69) is 23.3 Å². The SMILES string of the molecule is CC.CNCc1ncccc1C. The van der Waals surface area contributed by atoms with Gasteiger partial charge in [-0.15, -0.1) is 0 Å². The van der Waals surface area contributed by atoms with E-state index in [9.17, 15) is 0 Å². The molecule has 2 heteroatoms. The molecular weight excluding hydrogens is 148 g/mol. The van der Waals surface area contributed by atoms with Crippen molar-refractivity contribution in [2.75, 3.05) is 7.05 Å². The van der Waals surface area contributed by atoms with E-state index in [4.69, 9.17) is 0 Å². The van der Waals surface area contributed by atoms with Gasteiger partial charge >= 0.3 is 0 Å². The van der Waals surface area contributed by atoms with E-state index >= 15 is 0 Å². The maximum Gasteiger partial charge on any atom is 0.0570 e. The molecule has 12 heavy (non-hydrogen) atoms. The molecule has 0 bridgehead atoms. The predicted molar refractivity (Wildman–Crippen MR) is 53.1 cm³/mol. The van der Waals surface area contributed by atoms with Crippen LogP contribution in [0.1, 0.15) is 25.1 Å². The van der Waals surface area contributed by atoms with Gasteiger partial charge in [0.2, 0.25) is 0 Å². The molecule has 1 rings (SSSR count). The normalized spacial score (nSPS) is 8.67. The Bertz CT molecular complexity index is 209. The van der Waals surface area contributed by atoms with Crippen molar-refractivity contribution in [1.82, 2.24) is 10.3 Å². The molecule has 0 fully saturated rings. The number of aromatic nitrogens is 1. The lowest BCUT2D eigenvalue weighted by molar-refractivity contribution is 0.784. The van der Waals surface area contributed by atoms with Crippen molar-refractivity contribution in [3.63, 3.8) is 0 Å². The summed E-state index contributed by atoms with van der Waals surface area (Å²) in [7, 11) is 1.92. The van der Waals surface area contributed by atoms with Crippen LogP contribution in [0, 0.1) is 6.92 Å². The molecule has 1 N–H and O–H groups in total. The first-order valence-electron chi connectivity index (χ1n) is 4.39. The number of nitrogens with zero attached hydrogens (tertiary/aromatic N) is 1. The number of hydrogen-bond acceptors (Lipinski definition) is 2. The third-order valence-electron chi connectivity index (χ3n) is 1.46. The number of aryl methyl sites for hydroxylation is 1. The Kier molecular flexibility index (Phi) is 6.29. The van der Waals surface area contributed by atoms with Crippen LogP contribution in [0.5, 0.6) is 0 Å². The highest BCUT2D eigenvalue weighted by Gasteiger charge is 1.93. The van der Waals surface area contributed by atoms with Crippen molar-refractivity contribution < 1.29 is 0 Å². The summed E-state index contributed by atoms with van der Waals surface area (Å²) >= 11 is 0. The summed E-state index contributed by atoms with van der Waals surface area (Å²) in [6.07, 6.45) is 1.82. The topological polar surface area (TPSA) is 24.9 Å². The van der Waals surface area contributed by atoms with Crippen molar-refractivity contribution >= 4 is 0 Å². The zero-order valence-corrected chi connectivity index (χ0v) is 8.39. The van der Waals surface area contributed by atoms with Gasteiger partial charge in [0.25, 0.3) is 0 Å². The van der Waals surface area contributed by atoms with Gasteiger partial charge in [0, 0.05) is 12.7 Å². The molecule has 0 atom stereocenters. The van der Waals surface area contributed by atoms with Gasteiger partial charge in [-0.1, -0.05) is 19.9 Å². The smallest absolute Gasteiger partial charge is 0.0570 e. The summed E-state index contributed by atoms with van der Waals surface area (Å²) in [6.45, 7) is 6.92. The van der Waals surface area contributed by atoms with Crippen molar-refractivity contribution in [2.45, 2.75) is 27.3 Å². The highest BCUT2D eigenvalue weighted by molar-refractivity contribution is 5.17. The van der Waals surface area contributed by atoms with Crippen LogP contribution < -0.4 is 5.32 Å². The Morgan fingerprint density at radius 1 is 1.42 bits per heavy atom. The van der Waals surface area contributed by atoms with Gasteiger partial charge in [-0.3, -0.25) is 4.98 Å². The molecule has 0 saturated carbocycles. The van der Waals surface area contributed by atoms with Crippen LogP contribution in [0.2, 0.25) is 0 Å². The first-order chi connectivity index (χ1) is 5.84. The number of rotatable bonds is 2.